The quantitative estimate of drug-likeness (QED) is 0.521. The van der Waals surface area contributed by atoms with Crippen LogP contribution in [0.15, 0.2) is 41.5 Å². The van der Waals surface area contributed by atoms with Gasteiger partial charge in [0.05, 0.1) is 19.1 Å². The third-order valence-corrected chi connectivity index (χ3v) is 6.94. The molecule has 1 aromatic heterocycles. The van der Waals surface area contributed by atoms with Crippen molar-refractivity contribution in [2.24, 2.45) is 10.7 Å². The molecule has 1 heterocycles. The van der Waals surface area contributed by atoms with Gasteiger partial charge in [0, 0.05) is 18.3 Å². The number of benzene rings is 1. The number of nitrogens with one attached hydrogen (secondary N) is 1. The van der Waals surface area contributed by atoms with Crippen molar-refractivity contribution in [3.05, 3.63) is 53.6 Å². The first-order valence-corrected chi connectivity index (χ1v) is 10.2. The molecule has 2 rings (SSSR count). The van der Waals surface area contributed by atoms with Crippen LogP contribution < -0.4 is 15.8 Å². The van der Waals surface area contributed by atoms with Gasteiger partial charge in [-0.15, -0.1) is 0 Å². The van der Waals surface area contributed by atoms with Crippen LogP contribution in [0.1, 0.15) is 29.9 Å². The molecular formula is C19H23FN4O4S. The number of amides is 1. The lowest BCUT2D eigenvalue weighted by molar-refractivity contribution is 0.102. The number of ether oxygens (including phenoxy) is 1. The summed E-state index contributed by atoms with van der Waals surface area (Å²) in [6, 6.07) is 6.74. The Morgan fingerprint density at radius 2 is 2.00 bits per heavy atom. The highest BCUT2D eigenvalue weighted by atomic mass is 32.2. The smallest absolute Gasteiger partial charge is 0.274 e. The van der Waals surface area contributed by atoms with Crippen LogP contribution in [0.5, 0.6) is 5.75 Å². The lowest BCUT2D eigenvalue weighted by atomic mass is 10.2. The summed E-state index contributed by atoms with van der Waals surface area (Å²) in [6.45, 7) is 2.81. The van der Waals surface area contributed by atoms with Crippen LogP contribution in [0, 0.1) is 5.82 Å². The minimum atomic E-state index is -3.89. The minimum absolute atomic E-state index is 0.0760. The van der Waals surface area contributed by atoms with Crippen molar-refractivity contribution in [1.82, 2.24) is 4.98 Å². The van der Waals surface area contributed by atoms with Gasteiger partial charge in [0.2, 0.25) is 0 Å². The van der Waals surface area contributed by atoms with E-state index in [2.05, 4.69) is 15.3 Å². The second-order valence-electron chi connectivity index (χ2n) is 6.72. The molecular weight excluding hydrogens is 399 g/mol. The summed E-state index contributed by atoms with van der Waals surface area (Å²) in [5.74, 6) is -1.43. The Labute approximate surface area is 168 Å². The Morgan fingerprint density at radius 1 is 1.31 bits per heavy atom. The third kappa shape index (κ3) is 4.89. The first kappa shape index (κ1) is 22.3. The Balaban J connectivity index is 2.26. The van der Waals surface area contributed by atoms with E-state index in [1.165, 1.54) is 52.4 Å². The molecule has 3 N–H and O–H groups in total. The number of sulfone groups is 1. The Bertz CT molecular complexity index is 1030. The van der Waals surface area contributed by atoms with Crippen LogP contribution in [-0.4, -0.2) is 44.0 Å². The normalized spacial score (nSPS) is 12.5. The van der Waals surface area contributed by atoms with Gasteiger partial charge in [-0.3, -0.25) is 9.79 Å². The van der Waals surface area contributed by atoms with Crippen molar-refractivity contribution in [1.29, 1.82) is 0 Å². The van der Waals surface area contributed by atoms with E-state index in [1.54, 1.807) is 6.07 Å². The molecule has 1 amide bonds. The maximum atomic E-state index is 14.3. The number of halogens is 1. The van der Waals surface area contributed by atoms with Crippen molar-refractivity contribution in [2.45, 2.75) is 24.3 Å². The van der Waals surface area contributed by atoms with E-state index in [0.717, 1.165) is 6.07 Å². The maximum Gasteiger partial charge on any atom is 0.274 e. The molecule has 0 radical (unpaired) electrons. The van der Waals surface area contributed by atoms with Gasteiger partial charge in [0.15, 0.2) is 9.84 Å². The number of aromatic nitrogens is 1. The number of hydrogen-bond donors (Lipinski definition) is 2. The van der Waals surface area contributed by atoms with Crippen LogP contribution in [0.3, 0.4) is 0 Å². The highest BCUT2D eigenvalue weighted by Crippen LogP contribution is 2.25. The van der Waals surface area contributed by atoms with E-state index in [0.29, 0.717) is 5.75 Å². The third-order valence-electron chi connectivity index (χ3n) is 4.49. The number of carbonyl (C=O) groups excluding carboxylic acids is 1. The molecule has 0 bridgehead atoms. The molecule has 0 fully saturated rings. The average Bonchev–Trinajstić information content (AvgIpc) is 2.69. The number of aliphatic imine (C=N–C) groups is 1. The SMILES string of the molecule is CN=C(N)C(C)(C)S(=O)(=O)Cc1cc(NC(=O)c2ccc(OC)cn2)ccc1F. The van der Waals surface area contributed by atoms with Crippen LogP contribution in [0.4, 0.5) is 10.1 Å². The van der Waals surface area contributed by atoms with Gasteiger partial charge in [-0.2, -0.15) is 0 Å². The number of nitrogens with zero attached hydrogens (tertiary/aromatic N) is 2. The molecule has 156 valence electrons. The summed E-state index contributed by atoms with van der Waals surface area (Å²) < 4.78 is 43.3. The number of anilines is 1. The molecule has 0 aliphatic rings. The van der Waals surface area contributed by atoms with Crippen LogP contribution >= 0.6 is 0 Å². The van der Waals surface area contributed by atoms with Gasteiger partial charge in [0.25, 0.3) is 5.91 Å². The van der Waals surface area contributed by atoms with Gasteiger partial charge >= 0.3 is 0 Å². The lowest BCUT2D eigenvalue weighted by Crippen LogP contribution is -2.46. The molecule has 0 atom stereocenters. The number of carbonyl (C=O) groups is 1. The molecule has 0 unspecified atom stereocenters. The molecule has 0 spiro atoms. The molecule has 8 nitrogen and oxygen atoms in total. The first-order valence-electron chi connectivity index (χ1n) is 8.56. The zero-order valence-electron chi connectivity index (χ0n) is 16.6. The first-order chi connectivity index (χ1) is 13.5. The highest BCUT2D eigenvalue weighted by molar-refractivity contribution is 7.92. The number of rotatable bonds is 7. The molecule has 10 heteroatoms. The van der Waals surface area contributed by atoms with E-state index in [-0.39, 0.29) is 22.8 Å². The molecule has 0 aliphatic heterocycles. The summed E-state index contributed by atoms with van der Waals surface area (Å²) in [7, 11) is -1.02. The standard InChI is InChI=1S/C19H23FN4O4S/c1-19(2,18(21)22-3)29(26,27)11-12-9-13(5-7-15(12)20)24-17(25)16-8-6-14(28-4)10-23-16/h5-10H,11H2,1-4H3,(H2,21,22)(H,24,25). The summed E-state index contributed by atoms with van der Waals surface area (Å²) in [5.41, 5.74) is 5.97. The van der Waals surface area contributed by atoms with E-state index in [1.807, 2.05) is 0 Å². The van der Waals surface area contributed by atoms with Crippen molar-refractivity contribution < 1.29 is 22.3 Å². The van der Waals surface area contributed by atoms with Crippen molar-refractivity contribution >= 4 is 27.3 Å². The zero-order chi connectivity index (χ0) is 21.8. The number of methoxy groups -OCH3 is 1. The lowest BCUT2D eigenvalue weighted by Gasteiger charge is -2.24. The highest BCUT2D eigenvalue weighted by Gasteiger charge is 2.38. The fourth-order valence-electron chi connectivity index (χ4n) is 2.41. The summed E-state index contributed by atoms with van der Waals surface area (Å²) >= 11 is 0. The van der Waals surface area contributed by atoms with E-state index in [9.17, 15) is 17.6 Å². The van der Waals surface area contributed by atoms with Gasteiger partial charge in [-0.1, -0.05) is 0 Å². The maximum absolute atomic E-state index is 14.3. The van der Waals surface area contributed by atoms with Gasteiger partial charge < -0.3 is 15.8 Å². The van der Waals surface area contributed by atoms with Crippen molar-refractivity contribution in [2.75, 3.05) is 19.5 Å². The fraction of sp³-hybridized carbons (Fsp3) is 0.316. The number of pyridine rings is 1. The number of hydrogen-bond acceptors (Lipinski definition) is 6. The van der Waals surface area contributed by atoms with Gasteiger partial charge in [-0.25, -0.2) is 17.8 Å². The monoisotopic (exact) mass is 422 g/mol. The molecule has 29 heavy (non-hydrogen) atoms. The number of nitrogens with two attached hydrogens (primary N) is 1. The summed E-state index contributed by atoms with van der Waals surface area (Å²) in [4.78, 5) is 20.0. The molecule has 0 saturated carbocycles. The number of amidine groups is 1. The molecule has 1 aromatic carbocycles. The second-order valence-corrected chi connectivity index (χ2v) is 9.26. The zero-order valence-corrected chi connectivity index (χ0v) is 17.4. The van der Waals surface area contributed by atoms with Gasteiger partial charge in [-0.05, 0) is 44.2 Å². The van der Waals surface area contributed by atoms with E-state index < -0.39 is 32.1 Å². The Morgan fingerprint density at radius 3 is 2.55 bits per heavy atom. The minimum Gasteiger partial charge on any atom is -0.495 e. The Kier molecular flexibility index (Phi) is 6.58. The second kappa shape index (κ2) is 8.56. The predicted octanol–water partition coefficient (Wildman–Crippen LogP) is 2.16. The predicted molar refractivity (Wildman–Crippen MR) is 109 cm³/mol. The van der Waals surface area contributed by atoms with Gasteiger partial charge in [0.1, 0.15) is 27.8 Å². The average molecular weight is 422 g/mol. The summed E-state index contributed by atoms with van der Waals surface area (Å²) in [5, 5.41) is 2.57. The molecule has 2 aromatic rings. The van der Waals surface area contributed by atoms with Crippen LogP contribution in [0.25, 0.3) is 0 Å². The molecule has 0 saturated heterocycles. The van der Waals surface area contributed by atoms with E-state index >= 15 is 0 Å². The molecule has 0 aliphatic carbocycles. The Hall–Kier alpha value is -3.01. The topological polar surface area (TPSA) is 124 Å². The largest absolute Gasteiger partial charge is 0.495 e. The van der Waals surface area contributed by atoms with Crippen LogP contribution in [-0.2, 0) is 15.6 Å². The van der Waals surface area contributed by atoms with Crippen molar-refractivity contribution in [3.8, 4) is 5.75 Å². The fourth-order valence-corrected chi connectivity index (χ4v) is 3.81. The van der Waals surface area contributed by atoms with Crippen molar-refractivity contribution in [3.63, 3.8) is 0 Å². The van der Waals surface area contributed by atoms with E-state index in [4.69, 9.17) is 10.5 Å². The van der Waals surface area contributed by atoms with Crippen LogP contribution in [0.2, 0.25) is 0 Å². The summed E-state index contributed by atoms with van der Waals surface area (Å²) in [6.07, 6.45) is 1.39.